The number of piperidine rings is 1. The maximum Gasteiger partial charge on any atom is 0.293 e. The molecule has 1 saturated heterocycles. The summed E-state index contributed by atoms with van der Waals surface area (Å²) in [5.41, 5.74) is -1.67. The standard InChI is InChI=1S/C7H15NO4S/c1-8-5-3-2-4-6(8)7(9)13(10,11)12/h6-7,9H,2-5H2,1H3,(H,10,11,12)/t6-,7?/m1/s1. The third kappa shape index (κ3) is 2.63. The highest BCUT2D eigenvalue weighted by atomic mass is 32.2. The predicted octanol–water partition coefficient (Wildman–Crippen LogP) is -0.323. The summed E-state index contributed by atoms with van der Waals surface area (Å²) in [6.45, 7) is 0.761. The number of hydrogen-bond donors (Lipinski definition) is 2. The van der Waals surface area contributed by atoms with Gasteiger partial charge in [0.05, 0.1) is 6.04 Å². The van der Waals surface area contributed by atoms with E-state index >= 15 is 0 Å². The molecule has 0 saturated carbocycles. The summed E-state index contributed by atoms with van der Waals surface area (Å²) in [5, 5.41) is 9.30. The first kappa shape index (κ1) is 10.9. The number of hydrogen-bond acceptors (Lipinski definition) is 4. The van der Waals surface area contributed by atoms with Crippen molar-refractivity contribution in [1.29, 1.82) is 0 Å². The van der Waals surface area contributed by atoms with Gasteiger partial charge in [-0.05, 0) is 26.4 Å². The number of rotatable bonds is 2. The van der Waals surface area contributed by atoms with Crippen molar-refractivity contribution < 1.29 is 18.1 Å². The van der Waals surface area contributed by atoms with Crippen molar-refractivity contribution in [2.75, 3.05) is 13.6 Å². The molecule has 1 rings (SSSR count). The molecule has 0 aliphatic carbocycles. The minimum Gasteiger partial charge on any atom is -0.374 e. The van der Waals surface area contributed by atoms with Crippen LogP contribution in [-0.2, 0) is 10.1 Å². The molecular weight excluding hydrogens is 194 g/mol. The molecule has 0 aromatic rings. The monoisotopic (exact) mass is 209 g/mol. The lowest BCUT2D eigenvalue weighted by molar-refractivity contribution is 0.0822. The van der Waals surface area contributed by atoms with Crippen molar-refractivity contribution >= 4 is 10.1 Å². The van der Waals surface area contributed by atoms with Gasteiger partial charge in [-0.1, -0.05) is 6.42 Å². The molecule has 2 atom stereocenters. The Kier molecular flexibility index (Phi) is 3.28. The van der Waals surface area contributed by atoms with E-state index < -0.39 is 21.6 Å². The van der Waals surface area contributed by atoms with Crippen LogP contribution in [0.4, 0.5) is 0 Å². The van der Waals surface area contributed by atoms with Crippen molar-refractivity contribution in [3.05, 3.63) is 0 Å². The fourth-order valence-corrected chi connectivity index (χ4v) is 2.40. The van der Waals surface area contributed by atoms with E-state index in [-0.39, 0.29) is 0 Å². The van der Waals surface area contributed by atoms with Crippen LogP contribution >= 0.6 is 0 Å². The highest BCUT2D eigenvalue weighted by molar-refractivity contribution is 7.86. The molecule has 0 radical (unpaired) electrons. The van der Waals surface area contributed by atoms with Gasteiger partial charge in [-0.15, -0.1) is 0 Å². The Morgan fingerprint density at radius 2 is 2.08 bits per heavy atom. The molecule has 0 aromatic carbocycles. The summed E-state index contributed by atoms with van der Waals surface area (Å²) >= 11 is 0. The van der Waals surface area contributed by atoms with Gasteiger partial charge in [0.15, 0.2) is 5.44 Å². The van der Waals surface area contributed by atoms with Gasteiger partial charge in [0.2, 0.25) is 0 Å². The molecule has 1 aliphatic heterocycles. The first-order valence-corrected chi connectivity index (χ1v) is 5.78. The van der Waals surface area contributed by atoms with E-state index in [0.717, 1.165) is 19.4 Å². The molecule has 1 aliphatic rings. The van der Waals surface area contributed by atoms with Gasteiger partial charge in [0, 0.05) is 0 Å². The van der Waals surface area contributed by atoms with E-state index in [1.165, 1.54) is 0 Å². The second-order valence-electron chi connectivity index (χ2n) is 3.45. The van der Waals surface area contributed by atoms with Gasteiger partial charge in [-0.25, -0.2) is 0 Å². The highest BCUT2D eigenvalue weighted by Gasteiger charge is 2.33. The van der Waals surface area contributed by atoms with Crippen LogP contribution in [0.5, 0.6) is 0 Å². The Labute approximate surface area is 78.1 Å². The van der Waals surface area contributed by atoms with Crippen molar-refractivity contribution in [3.63, 3.8) is 0 Å². The second kappa shape index (κ2) is 3.91. The fraction of sp³-hybridized carbons (Fsp3) is 1.00. The van der Waals surface area contributed by atoms with Crippen LogP contribution in [-0.4, -0.2) is 48.0 Å². The van der Waals surface area contributed by atoms with Crippen LogP contribution in [0, 0.1) is 0 Å². The van der Waals surface area contributed by atoms with Crippen molar-refractivity contribution in [1.82, 2.24) is 4.90 Å². The smallest absolute Gasteiger partial charge is 0.293 e. The zero-order chi connectivity index (χ0) is 10.1. The molecule has 2 N–H and O–H groups in total. The normalized spacial score (nSPS) is 28.7. The molecule has 13 heavy (non-hydrogen) atoms. The molecule has 0 aromatic heterocycles. The number of likely N-dealkylation sites (N-methyl/N-ethyl adjacent to an activating group) is 1. The van der Waals surface area contributed by atoms with Crippen LogP contribution in [0.25, 0.3) is 0 Å². The highest BCUT2D eigenvalue weighted by Crippen LogP contribution is 2.20. The Balaban J connectivity index is 2.70. The van der Waals surface area contributed by atoms with Crippen molar-refractivity contribution in [2.45, 2.75) is 30.7 Å². The lowest BCUT2D eigenvalue weighted by atomic mass is 10.0. The van der Waals surface area contributed by atoms with E-state index in [1.807, 2.05) is 0 Å². The van der Waals surface area contributed by atoms with Gasteiger partial charge >= 0.3 is 0 Å². The molecule has 5 nitrogen and oxygen atoms in total. The summed E-state index contributed by atoms with van der Waals surface area (Å²) in [6.07, 6.45) is 2.50. The van der Waals surface area contributed by atoms with Gasteiger partial charge in [0.25, 0.3) is 10.1 Å². The quantitative estimate of drug-likeness (QED) is 0.609. The SMILES string of the molecule is CN1CCCC[C@@H]1C(O)S(=O)(=O)O. The Morgan fingerprint density at radius 1 is 1.46 bits per heavy atom. The molecular formula is C7H15NO4S. The molecule has 6 heteroatoms. The van der Waals surface area contributed by atoms with E-state index in [4.69, 9.17) is 4.55 Å². The zero-order valence-electron chi connectivity index (χ0n) is 7.55. The van der Waals surface area contributed by atoms with E-state index in [2.05, 4.69) is 0 Å². The first-order valence-electron chi connectivity index (χ1n) is 4.27. The Bertz CT molecular complexity index is 264. The third-order valence-corrected chi connectivity index (χ3v) is 3.39. The van der Waals surface area contributed by atoms with Crippen LogP contribution in [0.1, 0.15) is 19.3 Å². The number of likely N-dealkylation sites (tertiary alicyclic amines) is 1. The van der Waals surface area contributed by atoms with Gasteiger partial charge in [-0.2, -0.15) is 8.42 Å². The minimum absolute atomic E-state index is 0.469. The fourth-order valence-electron chi connectivity index (χ4n) is 1.66. The van der Waals surface area contributed by atoms with Crippen LogP contribution in [0.2, 0.25) is 0 Å². The molecule has 1 fully saturated rings. The summed E-state index contributed by atoms with van der Waals surface area (Å²) in [6, 6.07) is -0.469. The molecule has 0 amide bonds. The number of aliphatic hydroxyl groups is 1. The van der Waals surface area contributed by atoms with E-state index in [1.54, 1.807) is 11.9 Å². The largest absolute Gasteiger partial charge is 0.374 e. The molecule has 0 bridgehead atoms. The first-order chi connectivity index (χ1) is 5.93. The summed E-state index contributed by atoms with van der Waals surface area (Å²) in [5.74, 6) is 0. The van der Waals surface area contributed by atoms with Crippen LogP contribution in [0.3, 0.4) is 0 Å². The Hall–Kier alpha value is -0.170. The number of aliphatic hydroxyl groups excluding tert-OH is 1. The van der Waals surface area contributed by atoms with Gasteiger partial charge in [0.1, 0.15) is 0 Å². The van der Waals surface area contributed by atoms with E-state index in [0.29, 0.717) is 6.42 Å². The average Bonchev–Trinajstić information content (AvgIpc) is 2.02. The Morgan fingerprint density at radius 3 is 2.54 bits per heavy atom. The average molecular weight is 209 g/mol. The van der Waals surface area contributed by atoms with E-state index in [9.17, 15) is 13.5 Å². The summed E-state index contributed by atoms with van der Waals surface area (Å²) in [7, 11) is -2.57. The van der Waals surface area contributed by atoms with Gasteiger partial charge < -0.3 is 5.11 Å². The third-order valence-electron chi connectivity index (χ3n) is 2.46. The second-order valence-corrected chi connectivity index (χ2v) is 4.96. The minimum atomic E-state index is -4.32. The molecule has 0 spiro atoms. The van der Waals surface area contributed by atoms with Gasteiger partial charge in [-0.3, -0.25) is 9.45 Å². The van der Waals surface area contributed by atoms with Crippen LogP contribution in [0.15, 0.2) is 0 Å². The maximum atomic E-state index is 10.7. The molecule has 1 unspecified atom stereocenters. The lowest BCUT2D eigenvalue weighted by Gasteiger charge is -2.34. The maximum absolute atomic E-state index is 10.7. The van der Waals surface area contributed by atoms with Crippen molar-refractivity contribution in [3.8, 4) is 0 Å². The summed E-state index contributed by atoms with van der Waals surface area (Å²) < 4.78 is 30.0. The molecule has 1 heterocycles. The number of nitrogens with zero attached hydrogens (tertiary/aromatic N) is 1. The topological polar surface area (TPSA) is 77.8 Å². The predicted molar refractivity (Wildman–Crippen MR) is 47.8 cm³/mol. The summed E-state index contributed by atoms with van der Waals surface area (Å²) in [4.78, 5) is 1.77. The van der Waals surface area contributed by atoms with Crippen molar-refractivity contribution in [2.24, 2.45) is 0 Å². The zero-order valence-corrected chi connectivity index (χ0v) is 8.37. The molecule has 78 valence electrons. The lowest BCUT2D eigenvalue weighted by Crippen LogP contribution is -2.47. The van der Waals surface area contributed by atoms with Crippen LogP contribution < -0.4 is 0 Å².